The van der Waals surface area contributed by atoms with Gasteiger partial charge in [0.25, 0.3) is 0 Å². The number of hydrogen-bond acceptors (Lipinski definition) is 3. The van der Waals surface area contributed by atoms with Gasteiger partial charge in [-0.15, -0.1) is 0 Å². The maximum Gasteiger partial charge on any atom is 0.227 e. The van der Waals surface area contributed by atoms with E-state index in [1.165, 1.54) is 0 Å². The van der Waals surface area contributed by atoms with Gasteiger partial charge >= 0.3 is 0 Å². The normalized spacial score (nSPS) is 12.1. The number of pyridine rings is 1. The minimum atomic E-state index is -0.0226. The van der Waals surface area contributed by atoms with Crippen LogP contribution in [0.3, 0.4) is 0 Å². The summed E-state index contributed by atoms with van der Waals surface area (Å²) in [5.41, 5.74) is 0. The molecule has 14 heavy (non-hydrogen) atoms. The van der Waals surface area contributed by atoms with Gasteiger partial charge in [-0.05, 0) is 26.1 Å². The van der Waals surface area contributed by atoms with E-state index in [0.717, 1.165) is 0 Å². The third-order valence-corrected chi connectivity index (χ3v) is 1.92. The van der Waals surface area contributed by atoms with Crippen molar-refractivity contribution in [2.75, 3.05) is 12.4 Å². The molecular weight excluding hydrogens is 178 g/mol. The fraction of sp³-hybridized carbons (Fsp3) is 0.400. The van der Waals surface area contributed by atoms with Gasteiger partial charge in [0.05, 0.1) is 0 Å². The molecule has 0 fully saturated rings. The van der Waals surface area contributed by atoms with E-state index in [1.807, 2.05) is 26.1 Å². The number of carbonyl (C=O) groups excluding carboxylic acids is 1. The second kappa shape index (κ2) is 5.34. The van der Waals surface area contributed by atoms with E-state index in [9.17, 15) is 4.79 Å². The van der Waals surface area contributed by atoms with Crippen LogP contribution in [0.2, 0.25) is 0 Å². The second-order valence-corrected chi connectivity index (χ2v) is 3.16. The molecule has 1 rings (SSSR count). The van der Waals surface area contributed by atoms with Crippen molar-refractivity contribution in [3.8, 4) is 0 Å². The van der Waals surface area contributed by atoms with Gasteiger partial charge < -0.3 is 10.6 Å². The molecule has 1 aromatic heterocycles. The number of amides is 1. The Hall–Kier alpha value is -1.42. The van der Waals surface area contributed by atoms with Crippen LogP contribution < -0.4 is 10.6 Å². The van der Waals surface area contributed by atoms with Crippen LogP contribution in [0, 0.1) is 0 Å². The van der Waals surface area contributed by atoms with Gasteiger partial charge in [-0.25, -0.2) is 4.98 Å². The zero-order valence-electron chi connectivity index (χ0n) is 8.45. The number of aromatic nitrogens is 1. The molecule has 0 saturated heterocycles. The van der Waals surface area contributed by atoms with Crippen molar-refractivity contribution < 1.29 is 4.79 Å². The first-order chi connectivity index (χ1) is 6.72. The topological polar surface area (TPSA) is 54.0 Å². The monoisotopic (exact) mass is 193 g/mol. The average Bonchev–Trinajstić information content (AvgIpc) is 2.19. The molecule has 4 nitrogen and oxygen atoms in total. The van der Waals surface area contributed by atoms with Crippen molar-refractivity contribution in [2.24, 2.45) is 0 Å². The summed E-state index contributed by atoms with van der Waals surface area (Å²) in [7, 11) is 1.83. The fourth-order valence-electron chi connectivity index (χ4n) is 1.01. The highest BCUT2D eigenvalue weighted by atomic mass is 16.1. The first-order valence-electron chi connectivity index (χ1n) is 4.60. The smallest absolute Gasteiger partial charge is 0.227 e. The zero-order valence-corrected chi connectivity index (χ0v) is 8.45. The third kappa shape index (κ3) is 3.53. The highest BCUT2D eigenvalue weighted by Crippen LogP contribution is 2.01. The molecule has 1 aromatic rings. The number of hydrogen-bond donors (Lipinski definition) is 2. The Bertz CT molecular complexity index is 287. The van der Waals surface area contributed by atoms with Crippen LogP contribution in [-0.2, 0) is 4.79 Å². The minimum Gasteiger partial charge on any atom is -0.317 e. The lowest BCUT2D eigenvalue weighted by Gasteiger charge is -2.09. The van der Waals surface area contributed by atoms with E-state index in [1.54, 1.807) is 12.3 Å². The highest BCUT2D eigenvalue weighted by molar-refractivity contribution is 5.90. The molecule has 1 heterocycles. The van der Waals surface area contributed by atoms with E-state index in [0.29, 0.717) is 12.2 Å². The SMILES string of the molecule is CNC(C)CC(=O)Nc1ccccn1. The van der Waals surface area contributed by atoms with Crippen molar-refractivity contribution in [3.63, 3.8) is 0 Å². The molecule has 1 unspecified atom stereocenters. The highest BCUT2D eigenvalue weighted by Gasteiger charge is 2.06. The van der Waals surface area contributed by atoms with Gasteiger partial charge in [0, 0.05) is 18.7 Å². The van der Waals surface area contributed by atoms with E-state index in [4.69, 9.17) is 0 Å². The first-order valence-corrected chi connectivity index (χ1v) is 4.60. The second-order valence-electron chi connectivity index (χ2n) is 3.16. The molecule has 0 aliphatic carbocycles. The molecule has 0 radical (unpaired) electrons. The molecule has 0 bridgehead atoms. The summed E-state index contributed by atoms with van der Waals surface area (Å²) in [5, 5.41) is 5.72. The average molecular weight is 193 g/mol. The van der Waals surface area contributed by atoms with Gasteiger partial charge in [0.15, 0.2) is 0 Å². The molecule has 0 aliphatic heterocycles. The molecule has 1 amide bonds. The van der Waals surface area contributed by atoms with Crippen LogP contribution in [0.15, 0.2) is 24.4 Å². The van der Waals surface area contributed by atoms with E-state index < -0.39 is 0 Å². The molecule has 0 spiro atoms. The summed E-state index contributed by atoms with van der Waals surface area (Å²) in [6, 6.07) is 5.59. The van der Waals surface area contributed by atoms with Gasteiger partial charge in [0.2, 0.25) is 5.91 Å². The van der Waals surface area contributed by atoms with Gasteiger partial charge in [-0.3, -0.25) is 4.79 Å². The summed E-state index contributed by atoms with van der Waals surface area (Å²) in [6.45, 7) is 1.96. The molecule has 0 saturated carbocycles. The molecule has 0 aromatic carbocycles. The lowest BCUT2D eigenvalue weighted by atomic mass is 10.2. The Morgan fingerprint density at radius 1 is 1.57 bits per heavy atom. The van der Waals surface area contributed by atoms with Crippen LogP contribution in [0.5, 0.6) is 0 Å². The lowest BCUT2D eigenvalue weighted by Crippen LogP contribution is -2.27. The zero-order chi connectivity index (χ0) is 10.4. The van der Waals surface area contributed by atoms with Crippen molar-refractivity contribution in [3.05, 3.63) is 24.4 Å². The maximum atomic E-state index is 11.4. The van der Waals surface area contributed by atoms with Crippen LogP contribution in [-0.4, -0.2) is 24.0 Å². The number of nitrogens with zero attached hydrogens (tertiary/aromatic N) is 1. The minimum absolute atomic E-state index is 0.0226. The van der Waals surface area contributed by atoms with E-state index >= 15 is 0 Å². The number of rotatable bonds is 4. The summed E-state index contributed by atoms with van der Waals surface area (Å²) >= 11 is 0. The molecular formula is C10H15N3O. The Balaban J connectivity index is 2.42. The van der Waals surface area contributed by atoms with Crippen molar-refractivity contribution >= 4 is 11.7 Å². The molecule has 76 valence electrons. The summed E-state index contributed by atoms with van der Waals surface area (Å²) in [5.74, 6) is 0.575. The molecule has 0 aliphatic rings. The number of nitrogens with one attached hydrogen (secondary N) is 2. The van der Waals surface area contributed by atoms with Crippen LogP contribution in [0.1, 0.15) is 13.3 Å². The van der Waals surface area contributed by atoms with Gasteiger partial charge in [-0.2, -0.15) is 0 Å². The molecule has 4 heteroatoms. The standard InChI is InChI=1S/C10H15N3O/c1-8(11-2)7-10(14)13-9-5-3-4-6-12-9/h3-6,8,11H,7H2,1-2H3,(H,12,13,14). The predicted molar refractivity (Wildman–Crippen MR) is 56.0 cm³/mol. The number of anilines is 1. The van der Waals surface area contributed by atoms with Crippen molar-refractivity contribution in [1.82, 2.24) is 10.3 Å². The summed E-state index contributed by atoms with van der Waals surface area (Å²) < 4.78 is 0. The van der Waals surface area contributed by atoms with Crippen molar-refractivity contribution in [2.45, 2.75) is 19.4 Å². The summed E-state index contributed by atoms with van der Waals surface area (Å²) in [4.78, 5) is 15.4. The third-order valence-electron chi connectivity index (χ3n) is 1.92. The fourth-order valence-corrected chi connectivity index (χ4v) is 1.01. The quantitative estimate of drug-likeness (QED) is 0.750. The Morgan fingerprint density at radius 3 is 2.93 bits per heavy atom. The number of carbonyl (C=O) groups is 1. The Kier molecular flexibility index (Phi) is 4.07. The van der Waals surface area contributed by atoms with Gasteiger partial charge in [-0.1, -0.05) is 6.07 Å². The largest absolute Gasteiger partial charge is 0.317 e. The molecule has 2 N–H and O–H groups in total. The predicted octanol–water partition coefficient (Wildman–Crippen LogP) is 1.02. The van der Waals surface area contributed by atoms with Crippen LogP contribution in [0.4, 0.5) is 5.82 Å². The van der Waals surface area contributed by atoms with Gasteiger partial charge in [0.1, 0.15) is 5.82 Å². The molecule has 1 atom stereocenters. The lowest BCUT2D eigenvalue weighted by molar-refractivity contribution is -0.116. The Morgan fingerprint density at radius 2 is 2.36 bits per heavy atom. The van der Waals surface area contributed by atoms with Crippen LogP contribution in [0.25, 0.3) is 0 Å². The maximum absolute atomic E-state index is 11.4. The van der Waals surface area contributed by atoms with E-state index in [-0.39, 0.29) is 11.9 Å². The van der Waals surface area contributed by atoms with Crippen molar-refractivity contribution in [1.29, 1.82) is 0 Å². The van der Waals surface area contributed by atoms with Crippen LogP contribution >= 0.6 is 0 Å². The Labute approximate surface area is 83.7 Å². The first kappa shape index (κ1) is 10.7. The van der Waals surface area contributed by atoms with E-state index in [2.05, 4.69) is 15.6 Å². The summed E-state index contributed by atoms with van der Waals surface area (Å²) in [6.07, 6.45) is 2.10.